The molecule has 2 aromatic carbocycles. The number of rotatable bonds is 10. The smallest absolute Gasteiger partial charge is 0.241 e. The van der Waals surface area contributed by atoms with Gasteiger partial charge in [-0.25, -0.2) is 8.42 Å². The second kappa shape index (κ2) is 10.3. The van der Waals surface area contributed by atoms with Crippen molar-refractivity contribution in [3.8, 4) is 11.5 Å². The van der Waals surface area contributed by atoms with Gasteiger partial charge in [0.15, 0.2) is 0 Å². The fourth-order valence-corrected chi connectivity index (χ4v) is 3.67. The molecular formula is C22H30N2O5S. The van der Waals surface area contributed by atoms with Gasteiger partial charge in [0.1, 0.15) is 24.7 Å². The summed E-state index contributed by atoms with van der Waals surface area (Å²) >= 11 is 0. The summed E-state index contributed by atoms with van der Waals surface area (Å²) in [6.45, 7) is 5.87. The second-order valence-electron chi connectivity index (χ2n) is 7.47. The molecule has 0 bridgehead atoms. The maximum Gasteiger partial charge on any atom is 0.241 e. The summed E-state index contributed by atoms with van der Waals surface area (Å²) in [7, 11) is -2.03. The van der Waals surface area contributed by atoms with Crippen molar-refractivity contribution in [1.29, 1.82) is 0 Å². The van der Waals surface area contributed by atoms with E-state index in [2.05, 4.69) is 19.2 Å². The third-order valence-corrected chi connectivity index (χ3v) is 5.64. The van der Waals surface area contributed by atoms with Crippen LogP contribution in [0, 0.1) is 0 Å². The Hall–Kier alpha value is -2.74. The number of ether oxygens (including phenoxy) is 2. The molecule has 0 spiro atoms. The van der Waals surface area contributed by atoms with E-state index in [9.17, 15) is 13.2 Å². The number of amides is 1. The quantitative estimate of drug-likeness (QED) is 0.621. The predicted octanol–water partition coefficient (Wildman–Crippen LogP) is 3.17. The Morgan fingerprint density at radius 3 is 2.07 bits per heavy atom. The Morgan fingerprint density at radius 1 is 1.00 bits per heavy atom. The lowest BCUT2D eigenvalue weighted by atomic mass is 10.0. The summed E-state index contributed by atoms with van der Waals surface area (Å²) in [5, 5.41) is 2.78. The van der Waals surface area contributed by atoms with E-state index in [1.54, 1.807) is 50.4 Å². The maximum absolute atomic E-state index is 12.5. The average Bonchev–Trinajstić information content (AvgIpc) is 2.70. The van der Waals surface area contributed by atoms with Gasteiger partial charge in [-0.2, -0.15) is 0 Å². The molecule has 2 aromatic rings. The summed E-state index contributed by atoms with van der Waals surface area (Å²) < 4.78 is 36.4. The lowest BCUT2D eigenvalue weighted by molar-refractivity contribution is -0.120. The number of nitrogens with one attached hydrogen (secondary N) is 1. The van der Waals surface area contributed by atoms with Gasteiger partial charge in [-0.15, -0.1) is 0 Å². The maximum atomic E-state index is 12.5. The SMILES string of the molecule is COc1ccc(OC[C@H](C)NC(=O)CN(c2ccc(C(C)C)cc2)S(C)(=O)=O)cc1. The van der Waals surface area contributed by atoms with E-state index >= 15 is 0 Å². The van der Waals surface area contributed by atoms with Gasteiger partial charge in [0.2, 0.25) is 15.9 Å². The molecule has 7 nitrogen and oxygen atoms in total. The first-order chi connectivity index (χ1) is 14.1. The van der Waals surface area contributed by atoms with Crippen molar-refractivity contribution in [3.63, 3.8) is 0 Å². The molecule has 8 heteroatoms. The van der Waals surface area contributed by atoms with Gasteiger partial charge >= 0.3 is 0 Å². The van der Waals surface area contributed by atoms with Crippen LogP contribution in [-0.2, 0) is 14.8 Å². The predicted molar refractivity (Wildman–Crippen MR) is 119 cm³/mol. The van der Waals surface area contributed by atoms with E-state index in [0.717, 1.165) is 21.9 Å². The van der Waals surface area contributed by atoms with E-state index in [1.165, 1.54) is 0 Å². The van der Waals surface area contributed by atoms with E-state index in [4.69, 9.17) is 9.47 Å². The van der Waals surface area contributed by atoms with E-state index in [1.807, 2.05) is 12.1 Å². The summed E-state index contributed by atoms with van der Waals surface area (Å²) in [5.41, 5.74) is 1.56. The molecule has 0 radical (unpaired) electrons. The second-order valence-corrected chi connectivity index (χ2v) is 9.38. The Morgan fingerprint density at radius 2 is 1.57 bits per heavy atom. The molecule has 0 saturated carbocycles. The largest absolute Gasteiger partial charge is 0.497 e. The first-order valence-corrected chi connectivity index (χ1v) is 11.6. The summed E-state index contributed by atoms with van der Waals surface area (Å²) in [6.07, 6.45) is 1.09. The molecule has 0 heterocycles. The van der Waals surface area contributed by atoms with Crippen molar-refractivity contribution in [3.05, 3.63) is 54.1 Å². The Balaban J connectivity index is 1.96. The standard InChI is InChI=1S/C22H30N2O5S/c1-16(2)18-6-8-19(9-7-18)24(30(5,26)27)14-22(25)23-17(3)15-29-21-12-10-20(28-4)11-13-21/h6-13,16-17H,14-15H2,1-5H3,(H,23,25)/t17-/m0/s1. The number of methoxy groups -OCH3 is 1. The highest BCUT2D eigenvalue weighted by Gasteiger charge is 2.22. The van der Waals surface area contributed by atoms with Gasteiger partial charge in [-0.3, -0.25) is 9.10 Å². The van der Waals surface area contributed by atoms with Crippen LogP contribution < -0.4 is 19.1 Å². The number of sulfonamides is 1. The van der Waals surface area contributed by atoms with Crippen LogP contribution in [0.2, 0.25) is 0 Å². The number of carbonyl (C=O) groups excluding carboxylic acids is 1. The number of hydrogen-bond donors (Lipinski definition) is 1. The van der Waals surface area contributed by atoms with Crippen molar-refractivity contribution in [2.45, 2.75) is 32.7 Å². The van der Waals surface area contributed by atoms with Gasteiger partial charge in [-0.05, 0) is 54.8 Å². The first kappa shape index (κ1) is 23.5. The molecule has 30 heavy (non-hydrogen) atoms. The molecule has 0 fully saturated rings. The molecule has 1 amide bonds. The Kier molecular flexibility index (Phi) is 8.11. The number of carbonyl (C=O) groups is 1. The number of benzene rings is 2. The number of anilines is 1. The first-order valence-electron chi connectivity index (χ1n) is 9.74. The van der Waals surface area contributed by atoms with Gasteiger partial charge in [0, 0.05) is 0 Å². The topological polar surface area (TPSA) is 84.9 Å². The lowest BCUT2D eigenvalue weighted by Crippen LogP contribution is -2.44. The van der Waals surface area contributed by atoms with Crippen molar-refractivity contribution in [1.82, 2.24) is 5.32 Å². The van der Waals surface area contributed by atoms with Gasteiger partial charge in [0.25, 0.3) is 0 Å². The molecule has 0 aliphatic rings. The molecule has 1 atom stereocenters. The highest BCUT2D eigenvalue weighted by atomic mass is 32.2. The molecule has 164 valence electrons. The van der Waals surface area contributed by atoms with Crippen LogP contribution in [0.15, 0.2) is 48.5 Å². The molecular weight excluding hydrogens is 404 g/mol. The zero-order valence-electron chi connectivity index (χ0n) is 18.1. The van der Waals surface area contributed by atoms with Crippen LogP contribution in [-0.4, -0.2) is 46.9 Å². The Labute approximate surface area is 179 Å². The van der Waals surface area contributed by atoms with Crippen LogP contribution in [0.25, 0.3) is 0 Å². The highest BCUT2D eigenvalue weighted by Crippen LogP contribution is 2.22. The van der Waals surface area contributed by atoms with Crippen LogP contribution >= 0.6 is 0 Å². The zero-order chi connectivity index (χ0) is 22.3. The number of nitrogens with zero attached hydrogens (tertiary/aromatic N) is 1. The van der Waals surface area contributed by atoms with Crippen LogP contribution in [0.1, 0.15) is 32.3 Å². The monoisotopic (exact) mass is 434 g/mol. The van der Waals surface area contributed by atoms with Gasteiger partial charge in [-0.1, -0.05) is 26.0 Å². The van der Waals surface area contributed by atoms with Crippen molar-refractivity contribution >= 4 is 21.6 Å². The zero-order valence-corrected chi connectivity index (χ0v) is 18.9. The summed E-state index contributed by atoms with van der Waals surface area (Å²) in [6, 6.07) is 14.0. The van der Waals surface area contributed by atoms with Crippen molar-refractivity contribution in [2.75, 3.05) is 30.8 Å². The minimum Gasteiger partial charge on any atom is -0.497 e. The fraction of sp³-hybridized carbons (Fsp3) is 0.409. The van der Waals surface area contributed by atoms with E-state index in [0.29, 0.717) is 17.4 Å². The molecule has 1 N–H and O–H groups in total. The molecule has 0 aliphatic heterocycles. The van der Waals surface area contributed by atoms with Gasteiger partial charge < -0.3 is 14.8 Å². The van der Waals surface area contributed by atoms with Crippen molar-refractivity contribution in [2.24, 2.45) is 0 Å². The van der Waals surface area contributed by atoms with Gasteiger partial charge in [0.05, 0.1) is 25.1 Å². The lowest BCUT2D eigenvalue weighted by Gasteiger charge is -2.23. The van der Waals surface area contributed by atoms with Crippen LogP contribution in [0.3, 0.4) is 0 Å². The molecule has 2 rings (SSSR count). The third kappa shape index (κ3) is 6.95. The molecule has 0 aliphatic carbocycles. The Bertz CT molecular complexity index is 925. The highest BCUT2D eigenvalue weighted by molar-refractivity contribution is 7.92. The molecule has 0 aromatic heterocycles. The fourth-order valence-electron chi connectivity index (χ4n) is 2.81. The summed E-state index contributed by atoms with van der Waals surface area (Å²) in [4.78, 5) is 12.5. The molecule has 0 unspecified atom stereocenters. The normalized spacial score (nSPS) is 12.3. The third-order valence-electron chi connectivity index (χ3n) is 4.50. The average molecular weight is 435 g/mol. The van der Waals surface area contributed by atoms with Crippen LogP contribution in [0.4, 0.5) is 5.69 Å². The molecule has 0 saturated heterocycles. The minimum atomic E-state index is -3.61. The number of hydrogen-bond acceptors (Lipinski definition) is 5. The van der Waals surface area contributed by atoms with Crippen molar-refractivity contribution < 1.29 is 22.7 Å². The van der Waals surface area contributed by atoms with Crippen LogP contribution in [0.5, 0.6) is 11.5 Å². The minimum absolute atomic E-state index is 0.250. The summed E-state index contributed by atoms with van der Waals surface area (Å²) in [5.74, 6) is 1.31. The van der Waals surface area contributed by atoms with E-state index in [-0.39, 0.29) is 19.2 Å². The van der Waals surface area contributed by atoms with E-state index < -0.39 is 15.9 Å².